The van der Waals surface area contributed by atoms with Crippen molar-refractivity contribution in [1.29, 1.82) is 0 Å². The zero-order chi connectivity index (χ0) is 23.5. The van der Waals surface area contributed by atoms with Gasteiger partial charge in [0.2, 0.25) is 0 Å². The number of rotatable bonds is 8. The second kappa shape index (κ2) is 9.40. The second-order valence-electron chi connectivity index (χ2n) is 7.48. The molecule has 0 spiro atoms. The summed E-state index contributed by atoms with van der Waals surface area (Å²) in [6.07, 6.45) is 3.07. The number of benzene rings is 1. The summed E-state index contributed by atoms with van der Waals surface area (Å²) in [5.74, 6) is -0.490. The molecule has 0 amide bonds. The van der Waals surface area contributed by atoms with Crippen LogP contribution in [0.4, 0.5) is 4.39 Å². The molecule has 1 heterocycles. The first-order valence-electron chi connectivity index (χ1n) is 10.2. The zero-order valence-corrected chi connectivity index (χ0v) is 18.6. The van der Waals surface area contributed by atoms with Crippen LogP contribution in [0.2, 0.25) is 0 Å². The Hall–Kier alpha value is -3.39. The van der Waals surface area contributed by atoms with E-state index in [1.807, 2.05) is 0 Å². The molecule has 170 valence electrons. The molecule has 7 nitrogen and oxygen atoms in total. The Labute approximate surface area is 186 Å². The summed E-state index contributed by atoms with van der Waals surface area (Å²) in [6.45, 7) is 5.36. The molecule has 1 atom stereocenters. The van der Waals surface area contributed by atoms with Gasteiger partial charge in [-0.1, -0.05) is 12.1 Å². The Morgan fingerprint density at radius 1 is 1.31 bits per heavy atom. The first kappa shape index (κ1) is 23.3. The van der Waals surface area contributed by atoms with E-state index in [4.69, 9.17) is 19.9 Å². The van der Waals surface area contributed by atoms with Crippen LogP contribution >= 0.6 is 0 Å². The summed E-state index contributed by atoms with van der Waals surface area (Å²) in [4.78, 5) is 16.0. The fourth-order valence-corrected chi connectivity index (χ4v) is 3.59. The number of ether oxygens (including phenoxy) is 3. The molecule has 8 heteroatoms. The molecule has 0 saturated carbocycles. The van der Waals surface area contributed by atoms with Crippen LogP contribution in [0.1, 0.15) is 37.6 Å². The van der Waals surface area contributed by atoms with Crippen molar-refractivity contribution in [2.24, 2.45) is 5.73 Å². The van der Waals surface area contributed by atoms with Crippen LogP contribution < -0.4 is 15.2 Å². The predicted molar refractivity (Wildman–Crippen MR) is 118 cm³/mol. The quantitative estimate of drug-likeness (QED) is 0.598. The van der Waals surface area contributed by atoms with Gasteiger partial charge in [0.25, 0.3) is 0 Å². The van der Waals surface area contributed by atoms with E-state index in [0.29, 0.717) is 22.6 Å². The molecule has 1 aliphatic rings. The van der Waals surface area contributed by atoms with Crippen molar-refractivity contribution >= 4 is 11.5 Å². The van der Waals surface area contributed by atoms with Crippen LogP contribution in [0.3, 0.4) is 0 Å². The van der Waals surface area contributed by atoms with Gasteiger partial charge in [0, 0.05) is 29.4 Å². The number of esters is 1. The lowest BCUT2D eigenvalue weighted by atomic mass is 9.97. The van der Waals surface area contributed by atoms with Crippen molar-refractivity contribution in [2.45, 2.75) is 39.3 Å². The number of hydrogen-bond donors (Lipinski definition) is 2. The normalized spacial score (nSPS) is 17.9. The van der Waals surface area contributed by atoms with E-state index >= 15 is 0 Å². The molecule has 3 N–H and O–H groups in total. The third-order valence-electron chi connectivity index (χ3n) is 5.49. The highest BCUT2D eigenvalue weighted by molar-refractivity contribution is 5.82. The molecule has 1 aromatic carbocycles. The number of aromatic nitrogens is 1. The first-order valence-corrected chi connectivity index (χ1v) is 10.2. The number of halogens is 1. The molecule has 1 aliphatic carbocycles. The minimum atomic E-state index is -1.31. The summed E-state index contributed by atoms with van der Waals surface area (Å²) in [5.41, 5.74) is 6.00. The van der Waals surface area contributed by atoms with Gasteiger partial charge in [-0.3, -0.25) is 9.78 Å². The third kappa shape index (κ3) is 4.18. The van der Waals surface area contributed by atoms with Crippen LogP contribution in [-0.4, -0.2) is 35.4 Å². The van der Waals surface area contributed by atoms with E-state index in [1.165, 1.54) is 19.4 Å². The number of nitrogens with two attached hydrogens (primary N) is 1. The summed E-state index contributed by atoms with van der Waals surface area (Å²) < 4.78 is 31.7. The number of aliphatic hydroxyl groups is 1. The van der Waals surface area contributed by atoms with Crippen LogP contribution in [0, 0.1) is 5.82 Å². The maximum absolute atomic E-state index is 14.9. The van der Waals surface area contributed by atoms with Crippen molar-refractivity contribution < 1.29 is 28.5 Å². The van der Waals surface area contributed by atoms with Gasteiger partial charge in [-0.25, -0.2) is 4.39 Å². The van der Waals surface area contributed by atoms with Crippen LogP contribution in [0.25, 0.3) is 5.57 Å². The molecule has 0 bridgehead atoms. The Morgan fingerprint density at radius 2 is 2.06 bits per heavy atom. The van der Waals surface area contributed by atoms with Crippen molar-refractivity contribution in [2.75, 3.05) is 13.7 Å². The van der Waals surface area contributed by atoms with E-state index in [0.717, 1.165) is 0 Å². The molecular formula is C24H27FN2O5. The van der Waals surface area contributed by atoms with Crippen molar-refractivity contribution in [3.63, 3.8) is 0 Å². The fourth-order valence-electron chi connectivity index (χ4n) is 3.59. The monoisotopic (exact) mass is 442 g/mol. The van der Waals surface area contributed by atoms with Crippen molar-refractivity contribution in [3.8, 4) is 11.5 Å². The summed E-state index contributed by atoms with van der Waals surface area (Å²) in [5, 5.41) is 11.2. The second-order valence-corrected chi connectivity index (χ2v) is 7.48. The van der Waals surface area contributed by atoms with Crippen molar-refractivity contribution in [1.82, 2.24) is 4.98 Å². The zero-order valence-electron chi connectivity index (χ0n) is 18.6. The van der Waals surface area contributed by atoms with Gasteiger partial charge in [0.15, 0.2) is 22.9 Å². The molecule has 0 fully saturated rings. The number of nitrogens with zero attached hydrogens (tertiary/aromatic N) is 1. The molecule has 1 unspecified atom stereocenters. The minimum Gasteiger partial charge on any atom is -0.507 e. The molecule has 32 heavy (non-hydrogen) atoms. The fraction of sp³-hybridized carbons (Fsp3) is 0.333. The molecule has 1 aromatic heterocycles. The molecule has 2 aromatic rings. The molecular weight excluding hydrogens is 415 g/mol. The highest BCUT2D eigenvalue weighted by atomic mass is 19.1. The minimum absolute atomic E-state index is 0.0323. The van der Waals surface area contributed by atoms with Crippen LogP contribution in [0.5, 0.6) is 11.5 Å². The average Bonchev–Trinajstić information content (AvgIpc) is 2.99. The lowest BCUT2D eigenvalue weighted by molar-refractivity contribution is -0.142. The number of para-hydroxylation sites is 1. The van der Waals surface area contributed by atoms with E-state index in [9.17, 15) is 14.3 Å². The Bertz CT molecular complexity index is 1100. The molecule has 0 saturated heterocycles. The van der Waals surface area contributed by atoms with Gasteiger partial charge in [0.05, 0.1) is 25.8 Å². The lowest BCUT2D eigenvalue weighted by Crippen LogP contribution is -2.35. The maximum Gasteiger partial charge on any atom is 0.310 e. The number of aliphatic hydroxyl groups excluding tert-OH is 1. The number of hydrogen-bond acceptors (Lipinski definition) is 7. The lowest BCUT2D eigenvalue weighted by Gasteiger charge is -2.30. The van der Waals surface area contributed by atoms with Gasteiger partial charge in [-0.2, -0.15) is 0 Å². The molecule has 3 rings (SSSR count). The third-order valence-corrected chi connectivity index (χ3v) is 5.49. The highest BCUT2D eigenvalue weighted by Gasteiger charge is 2.42. The SMILES string of the molecule is CCOC(=O)Cc1cccc(OC)c1OC1(C)C(C)=CC(c2ccnc(CN)c2F)=C1O. The van der Waals surface area contributed by atoms with E-state index in [-0.39, 0.29) is 42.2 Å². The maximum atomic E-state index is 14.9. The number of allylic oxidation sites excluding steroid dienone is 2. The van der Waals surface area contributed by atoms with E-state index in [2.05, 4.69) is 4.98 Å². The van der Waals surface area contributed by atoms with Gasteiger partial charge in [-0.15, -0.1) is 0 Å². The van der Waals surface area contributed by atoms with Crippen LogP contribution in [-0.2, 0) is 22.5 Å². The van der Waals surface area contributed by atoms with E-state index < -0.39 is 17.4 Å². The predicted octanol–water partition coefficient (Wildman–Crippen LogP) is 3.86. The van der Waals surface area contributed by atoms with Gasteiger partial charge < -0.3 is 25.1 Å². The summed E-state index contributed by atoms with van der Waals surface area (Å²) >= 11 is 0. The smallest absolute Gasteiger partial charge is 0.310 e. The summed E-state index contributed by atoms with van der Waals surface area (Å²) in [7, 11) is 1.48. The first-order chi connectivity index (χ1) is 15.3. The standard InChI is InChI=1S/C24H27FN2O5/c1-5-31-20(28)12-15-7-6-8-19(30-4)22(15)32-24(3)14(2)11-17(23(24)29)16-9-10-27-18(13-26)21(16)25/h6-11,29H,5,12-13,26H2,1-4H3. The number of carbonyl (C=O) groups is 1. The summed E-state index contributed by atoms with van der Waals surface area (Å²) in [6, 6.07) is 6.63. The average molecular weight is 442 g/mol. The Kier molecular flexibility index (Phi) is 6.84. The van der Waals surface area contributed by atoms with Crippen molar-refractivity contribution in [3.05, 3.63) is 70.5 Å². The topological polar surface area (TPSA) is 104 Å². The number of pyridine rings is 1. The number of methoxy groups -OCH3 is 1. The Balaban J connectivity index is 2.06. The molecule has 0 radical (unpaired) electrons. The van der Waals surface area contributed by atoms with Crippen LogP contribution in [0.15, 0.2) is 47.9 Å². The largest absolute Gasteiger partial charge is 0.507 e. The number of carbonyl (C=O) groups excluding carboxylic acids is 1. The van der Waals surface area contributed by atoms with E-state index in [1.54, 1.807) is 45.0 Å². The van der Waals surface area contributed by atoms with Gasteiger partial charge in [-0.05, 0) is 44.6 Å². The highest BCUT2D eigenvalue weighted by Crippen LogP contribution is 2.45. The van der Waals surface area contributed by atoms with Gasteiger partial charge in [0.1, 0.15) is 5.76 Å². The van der Waals surface area contributed by atoms with Gasteiger partial charge >= 0.3 is 5.97 Å². The Morgan fingerprint density at radius 3 is 2.72 bits per heavy atom. The molecule has 0 aliphatic heterocycles.